The maximum atomic E-state index is 12.9. The molecule has 0 radical (unpaired) electrons. The zero-order chi connectivity index (χ0) is 18.8. The van der Waals surface area contributed by atoms with E-state index in [1.807, 2.05) is 37.3 Å². The first kappa shape index (κ1) is 20.4. The molecule has 0 fully saturated rings. The second kappa shape index (κ2) is 8.78. The zero-order valence-corrected chi connectivity index (χ0v) is 17.1. The summed E-state index contributed by atoms with van der Waals surface area (Å²) in [5.74, 6) is -0.158. The van der Waals surface area contributed by atoms with Gasteiger partial charge in [-0.05, 0) is 46.5 Å². The van der Waals surface area contributed by atoms with Gasteiger partial charge in [-0.15, -0.1) is 12.4 Å². The van der Waals surface area contributed by atoms with Gasteiger partial charge < -0.3 is 10.6 Å². The quantitative estimate of drug-likeness (QED) is 0.602. The Kier molecular flexibility index (Phi) is 6.40. The van der Waals surface area contributed by atoms with E-state index < -0.39 is 0 Å². The van der Waals surface area contributed by atoms with Gasteiger partial charge in [-0.2, -0.15) is 0 Å². The monoisotopic (exact) mass is 412 g/mol. The second-order valence-corrected chi connectivity index (χ2v) is 7.23. The van der Waals surface area contributed by atoms with Crippen molar-refractivity contribution >= 4 is 46.3 Å². The van der Waals surface area contributed by atoms with Gasteiger partial charge in [0.1, 0.15) is 0 Å². The SMILES string of the molecule is CC(NC(=O)c1cc(C2=CCNC2)ccc1Cl)c1cccc2ccccc12.Cl. The highest BCUT2D eigenvalue weighted by Gasteiger charge is 2.17. The van der Waals surface area contributed by atoms with Crippen LogP contribution in [0.5, 0.6) is 0 Å². The van der Waals surface area contributed by atoms with Gasteiger partial charge in [-0.1, -0.05) is 66.2 Å². The zero-order valence-electron chi connectivity index (χ0n) is 15.5. The van der Waals surface area contributed by atoms with Crippen molar-refractivity contribution < 1.29 is 4.79 Å². The minimum atomic E-state index is -0.158. The molecular formula is C23H22Cl2N2O. The summed E-state index contributed by atoms with van der Waals surface area (Å²) >= 11 is 6.33. The van der Waals surface area contributed by atoms with E-state index in [0.717, 1.165) is 35.0 Å². The minimum Gasteiger partial charge on any atom is -0.345 e. The molecule has 1 atom stereocenters. The van der Waals surface area contributed by atoms with Crippen molar-refractivity contribution in [1.82, 2.24) is 10.6 Å². The molecule has 0 saturated heterocycles. The van der Waals surface area contributed by atoms with Crippen LogP contribution in [-0.4, -0.2) is 19.0 Å². The Morgan fingerprint density at radius 2 is 1.89 bits per heavy atom. The molecule has 28 heavy (non-hydrogen) atoms. The molecule has 0 aromatic heterocycles. The lowest BCUT2D eigenvalue weighted by molar-refractivity contribution is 0.0940. The number of halogens is 2. The van der Waals surface area contributed by atoms with Crippen LogP contribution in [0.25, 0.3) is 16.3 Å². The van der Waals surface area contributed by atoms with Crippen LogP contribution in [0.1, 0.15) is 34.5 Å². The molecule has 1 aliphatic heterocycles. The fourth-order valence-electron chi connectivity index (χ4n) is 3.57. The fourth-order valence-corrected chi connectivity index (χ4v) is 3.78. The molecule has 0 saturated carbocycles. The fraction of sp³-hybridized carbons (Fsp3) is 0.174. The van der Waals surface area contributed by atoms with Crippen molar-refractivity contribution in [3.05, 3.63) is 88.5 Å². The van der Waals surface area contributed by atoms with Gasteiger partial charge in [0.05, 0.1) is 16.6 Å². The summed E-state index contributed by atoms with van der Waals surface area (Å²) in [6.07, 6.45) is 2.14. The van der Waals surface area contributed by atoms with E-state index in [9.17, 15) is 4.79 Å². The molecule has 3 nitrogen and oxygen atoms in total. The van der Waals surface area contributed by atoms with Gasteiger partial charge in [-0.25, -0.2) is 0 Å². The van der Waals surface area contributed by atoms with E-state index in [1.54, 1.807) is 6.07 Å². The van der Waals surface area contributed by atoms with Crippen molar-refractivity contribution in [3.63, 3.8) is 0 Å². The third-order valence-corrected chi connectivity index (χ3v) is 5.36. The van der Waals surface area contributed by atoms with Gasteiger partial charge in [0.25, 0.3) is 5.91 Å². The molecule has 0 spiro atoms. The van der Waals surface area contributed by atoms with E-state index in [2.05, 4.69) is 41.0 Å². The first-order valence-electron chi connectivity index (χ1n) is 9.11. The molecule has 1 amide bonds. The molecule has 0 bridgehead atoms. The highest BCUT2D eigenvalue weighted by Crippen LogP contribution is 2.26. The molecule has 5 heteroatoms. The van der Waals surface area contributed by atoms with E-state index in [0.29, 0.717) is 10.6 Å². The van der Waals surface area contributed by atoms with E-state index in [1.165, 1.54) is 5.57 Å². The third-order valence-electron chi connectivity index (χ3n) is 5.03. The Bertz CT molecular complexity index is 1040. The molecule has 3 aromatic rings. The maximum absolute atomic E-state index is 12.9. The number of hydrogen-bond donors (Lipinski definition) is 2. The van der Waals surface area contributed by atoms with Crippen molar-refractivity contribution in [3.8, 4) is 0 Å². The van der Waals surface area contributed by atoms with Crippen molar-refractivity contribution in [2.75, 3.05) is 13.1 Å². The van der Waals surface area contributed by atoms with Gasteiger partial charge in [0.15, 0.2) is 0 Å². The van der Waals surface area contributed by atoms with Gasteiger partial charge in [0, 0.05) is 13.1 Å². The molecule has 2 N–H and O–H groups in total. The number of rotatable bonds is 4. The molecular weight excluding hydrogens is 391 g/mol. The maximum Gasteiger partial charge on any atom is 0.253 e. The first-order valence-corrected chi connectivity index (χ1v) is 9.49. The van der Waals surface area contributed by atoms with Crippen LogP contribution in [0.4, 0.5) is 0 Å². The Labute approximate surface area is 176 Å². The van der Waals surface area contributed by atoms with Crippen molar-refractivity contribution in [2.45, 2.75) is 13.0 Å². The summed E-state index contributed by atoms with van der Waals surface area (Å²) in [6, 6.07) is 19.9. The second-order valence-electron chi connectivity index (χ2n) is 6.82. The normalized spacial score (nSPS) is 14.3. The standard InChI is InChI=1S/C23H21ClN2O.ClH/c1-15(19-8-4-6-16-5-2-3-7-20(16)19)26-23(27)21-13-17(9-10-22(21)24)18-11-12-25-14-18;/h2-11,13,15,25H,12,14H2,1H3,(H,26,27);1H. The Morgan fingerprint density at radius 1 is 1.11 bits per heavy atom. The highest BCUT2D eigenvalue weighted by molar-refractivity contribution is 6.34. The van der Waals surface area contributed by atoms with Crippen LogP contribution in [-0.2, 0) is 0 Å². The number of benzene rings is 3. The summed E-state index contributed by atoms with van der Waals surface area (Å²) in [5, 5.41) is 9.16. The lowest BCUT2D eigenvalue weighted by atomic mass is 9.99. The molecule has 1 heterocycles. The van der Waals surface area contributed by atoms with Gasteiger partial charge in [-0.3, -0.25) is 4.79 Å². The molecule has 3 aromatic carbocycles. The van der Waals surface area contributed by atoms with E-state index in [4.69, 9.17) is 11.6 Å². The molecule has 0 aliphatic carbocycles. The Balaban J connectivity index is 0.00000225. The third kappa shape index (κ3) is 4.07. The predicted octanol–water partition coefficient (Wildman–Crippen LogP) is 5.39. The number of carbonyl (C=O) groups excluding carboxylic acids is 1. The number of nitrogens with one attached hydrogen (secondary N) is 2. The molecule has 1 aliphatic rings. The molecule has 4 rings (SSSR count). The average molecular weight is 413 g/mol. The number of hydrogen-bond acceptors (Lipinski definition) is 2. The lowest BCUT2D eigenvalue weighted by Crippen LogP contribution is -2.27. The minimum absolute atomic E-state index is 0. The van der Waals surface area contributed by atoms with Gasteiger partial charge >= 0.3 is 0 Å². The number of amides is 1. The lowest BCUT2D eigenvalue weighted by Gasteiger charge is -2.17. The Morgan fingerprint density at radius 3 is 2.68 bits per heavy atom. The first-order chi connectivity index (χ1) is 13.1. The van der Waals surface area contributed by atoms with E-state index >= 15 is 0 Å². The number of carbonyl (C=O) groups is 1. The van der Waals surface area contributed by atoms with Gasteiger partial charge in [0.2, 0.25) is 0 Å². The summed E-state index contributed by atoms with van der Waals surface area (Å²) in [4.78, 5) is 12.9. The van der Waals surface area contributed by atoms with Crippen LogP contribution in [0.2, 0.25) is 5.02 Å². The summed E-state index contributed by atoms with van der Waals surface area (Å²) in [6.45, 7) is 3.67. The van der Waals surface area contributed by atoms with Crippen LogP contribution in [0, 0.1) is 0 Å². The highest BCUT2D eigenvalue weighted by atomic mass is 35.5. The van der Waals surface area contributed by atoms with E-state index in [-0.39, 0.29) is 24.4 Å². The summed E-state index contributed by atoms with van der Waals surface area (Å²) < 4.78 is 0. The largest absolute Gasteiger partial charge is 0.345 e. The number of fused-ring (bicyclic) bond motifs is 1. The van der Waals surface area contributed by atoms with Crippen molar-refractivity contribution in [1.29, 1.82) is 0 Å². The van der Waals surface area contributed by atoms with Crippen molar-refractivity contribution in [2.24, 2.45) is 0 Å². The Hall–Kier alpha value is -2.33. The van der Waals surface area contributed by atoms with Crippen LogP contribution < -0.4 is 10.6 Å². The molecule has 1 unspecified atom stereocenters. The topological polar surface area (TPSA) is 41.1 Å². The summed E-state index contributed by atoms with van der Waals surface area (Å²) in [7, 11) is 0. The summed E-state index contributed by atoms with van der Waals surface area (Å²) in [5.41, 5.74) is 3.83. The van der Waals surface area contributed by atoms with Crippen LogP contribution >= 0.6 is 24.0 Å². The van der Waals surface area contributed by atoms with Crippen LogP contribution in [0.15, 0.2) is 66.7 Å². The van der Waals surface area contributed by atoms with Crippen LogP contribution in [0.3, 0.4) is 0 Å². The average Bonchev–Trinajstić information content (AvgIpc) is 3.22. The smallest absolute Gasteiger partial charge is 0.253 e. The molecule has 144 valence electrons. The predicted molar refractivity (Wildman–Crippen MR) is 119 cm³/mol.